The van der Waals surface area contributed by atoms with Crippen molar-refractivity contribution >= 4 is 11.4 Å². The number of oxime groups is 1. The maximum atomic E-state index is 8.14. The van der Waals surface area contributed by atoms with Crippen LogP contribution in [0.1, 0.15) is 20.3 Å². The van der Waals surface area contributed by atoms with Crippen LogP contribution in [-0.2, 0) is 0 Å². The average Bonchev–Trinajstić information content (AvgIpc) is 1.69. The minimum Gasteiger partial charge on any atom is -0.411 e. The fourth-order valence-electron chi connectivity index (χ4n) is 0.411. The summed E-state index contributed by atoms with van der Waals surface area (Å²) in [6.45, 7) is 3.44. The summed E-state index contributed by atoms with van der Waals surface area (Å²) in [5.74, 6) is 0. The van der Waals surface area contributed by atoms with Gasteiger partial charge in [0.05, 0.1) is 11.4 Å². The molecule has 0 saturated carbocycles. The van der Waals surface area contributed by atoms with E-state index in [9.17, 15) is 0 Å². The molecular weight excluding hydrogens is 104 g/mol. The minimum atomic E-state index is 0.329. The Bertz CT molecular complexity index is 118. The summed E-state index contributed by atoms with van der Waals surface area (Å²) in [6.07, 6.45) is 0.617. The standard InChI is InChI=1S/C5H10N2O/c1-3-5(7-8)4(2)6/h6,8H,3H2,1-2H3/b6-4?,7-5-. The largest absolute Gasteiger partial charge is 0.411 e. The van der Waals surface area contributed by atoms with E-state index in [2.05, 4.69) is 5.16 Å². The van der Waals surface area contributed by atoms with Crippen LogP contribution >= 0.6 is 0 Å². The van der Waals surface area contributed by atoms with Gasteiger partial charge in [0, 0.05) is 0 Å². The van der Waals surface area contributed by atoms with Gasteiger partial charge >= 0.3 is 0 Å². The molecule has 0 unspecified atom stereocenters. The Hall–Kier alpha value is -0.860. The number of hydrogen-bond donors (Lipinski definition) is 2. The first kappa shape index (κ1) is 7.14. The van der Waals surface area contributed by atoms with Crippen molar-refractivity contribution in [1.82, 2.24) is 0 Å². The highest BCUT2D eigenvalue weighted by Crippen LogP contribution is 1.85. The van der Waals surface area contributed by atoms with Crippen molar-refractivity contribution in [3.8, 4) is 0 Å². The van der Waals surface area contributed by atoms with E-state index < -0.39 is 0 Å². The topological polar surface area (TPSA) is 56.4 Å². The highest BCUT2D eigenvalue weighted by Gasteiger charge is 1.95. The molecule has 3 heteroatoms. The molecule has 0 aromatic rings. The van der Waals surface area contributed by atoms with Crippen LogP contribution in [0.25, 0.3) is 0 Å². The quantitative estimate of drug-likeness (QED) is 0.317. The van der Waals surface area contributed by atoms with E-state index in [1.807, 2.05) is 6.92 Å². The molecule has 46 valence electrons. The van der Waals surface area contributed by atoms with E-state index in [1.54, 1.807) is 6.92 Å². The number of hydrogen-bond acceptors (Lipinski definition) is 3. The van der Waals surface area contributed by atoms with Crippen molar-refractivity contribution in [3.63, 3.8) is 0 Å². The Balaban J connectivity index is 3.92. The van der Waals surface area contributed by atoms with Crippen LogP contribution in [0, 0.1) is 5.41 Å². The van der Waals surface area contributed by atoms with Crippen LogP contribution < -0.4 is 0 Å². The Morgan fingerprint density at radius 2 is 2.25 bits per heavy atom. The summed E-state index contributed by atoms with van der Waals surface area (Å²) in [7, 11) is 0. The smallest absolute Gasteiger partial charge is 0.0996 e. The molecule has 8 heavy (non-hydrogen) atoms. The first-order valence-electron chi connectivity index (χ1n) is 2.48. The molecule has 0 aliphatic heterocycles. The second-order valence-corrected chi connectivity index (χ2v) is 1.53. The van der Waals surface area contributed by atoms with Gasteiger partial charge in [-0.1, -0.05) is 12.1 Å². The molecule has 2 N–H and O–H groups in total. The van der Waals surface area contributed by atoms with E-state index in [0.717, 1.165) is 0 Å². The van der Waals surface area contributed by atoms with Crippen LogP contribution in [0.4, 0.5) is 0 Å². The summed E-state index contributed by atoms with van der Waals surface area (Å²) >= 11 is 0. The lowest BCUT2D eigenvalue weighted by Crippen LogP contribution is -2.06. The van der Waals surface area contributed by atoms with Crippen molar-refractivity contribution in [2.45, 2.75) is 20.3 Å². The fraction of sp³-hybridized carbons (Fsp3) is 0.600. The Morgan fingerprint density at radius 1 is 1.75 bits per heavy atom. The van der Waals surface area contributed by atoms with Gasteiger partial charge in [0.1, 0.15) is 0 Å². The Labute approximate surface area is 48.5 Å². The predicted octanol–water partition coefficient (Wildman–Crippen LogP) is 1.27. The highest BCUT2D eigenvalue weighted by atomic mass is 16.4. The summed E-state index contributed by atoms with van der Waals surface area (Å²) in [5.41, 5.74) is 0.778. The maximum absolute atomic E-state index is 8.14. The third-order valence-corrected chi connectivity index (χ3v) is 0.888. The lowest BCUT2D eigenvalue weighted by atomic mass is 10.2. The summed E-state index contributed by atoms with van der Waals surface area (Å²) < 4.78 is 0. The van der Waals surface area contributed by atoms with Crippen LogP contribution in [-0.4, -0.2) is 16.6 Å². The zero-order chi connectivity index (χ0) is 6.57. The van der Waals surface area contributed by atoms with Gasteiger partial charge in [-0.05, 0) is 13.3 Å². The maximum Gasteiger partial charge on any atom is 0.0996 e. The van der Waals surface area contributed by atoms with Crippen LogP contribution in [0.15, 0.2) is 5.16 Å². The van der Waals surface area contributed by atoms with Crippen molar-refractivity contribution in [2.24, 2.45) is 5.16 Å². The van der Waals surface area contributed by atoms with Gasteiger partial charge in [-0.3, -0.25) is 0 Å². The number of nitrogens with zero attached hydrogens (tertiary/aromatic N) is 1. The Kier molecular flexibility index (Phi) is 2.84. The molecule has 0 atom stereocenters. The van der Waals surface area contributed by atoms with Gasteiger partial charge in [-0.15, -0.1) is 0 Å². The first-order valence-corrected chi connectivity index (χ1v) is 2.48. The van der Waals surface area contributed by atoms with E-state index in [4.69, 9.17) is 10.6 Å². The van der Waals surface area contributed by atoms with E-state index in [0.29, 0.717) is 17.8 Å². The second-order valence-electron chi connectivity index (χ2n) is 1.53. The molecule has 0 spiro atoms. The summed E-state index contributed by atoms with van der Waals surface area (Å²) in [6, 6.07) is 0. The molecule has 0 fully saturated rings. The molecule has 0 rings (SSSR count). The summed E-state index contributed by atoms with van der Waals surface area (Å²) in [4.78, 5) is 0. The minimum absolute atomic E-state index is 0.329. The van der Waals surface area contributed by atoms with Gasteiger partial charge < -0.3 is 10.6 Å². The molecule has 0 aliphatic rings. The van der Waals surface area contributed by atoms with E-state index >= 15 is 0 Å². The van der Waals surface area contributed by atoms with E-state index in [1.165, 1.54) is 0 Å². The van der Waals surface area contributed by atoms with Crippen molar-refractivity contribution in [2.75, 3.05) is 0 Å². The monoisotopic (exact) mass is 114 g/mol. The molecule has 0 heterocycles. The van der Waals surface area contributed by atoms with Crippen molar-refractivity contribution in [3.05, 3.63) is 0 Å². The predicted molar refractivity (Wildman–Crippen MR) is 32.9 cm³/mol. The fourth-order valence-corrected chi connectivity index (χ4v) is 0.411. The van der Waals surface area contributed by atoms with Crippen LogP contribution in [0.2, 0.25) is 0 Å². The van der Waals surface area contributed by atoms with Gasteiger partial charge in [-0.2, -0.15) is 0 Å². The molecule has 0 aliphatic carbocycles. The van der Waals surface area contributed by atoms with Gasteiger partial charge in [-0.25, -0.2) is 0 Å². The lowest BCUT2D eigenvalue weighted by Gasteiger charge is -1.92. The molecule has 3 nitrogen and oxygen atoms in total. The number of nitrogens with one attached hydrogen (secondary N) is 1. The van der Waals surface area contributed by atoms with Crippen LogP contribution in [0.3, 0.4) is 0 Å². The van der Waals surface area contributed by atoms with Gasteiger partial charge in [0.25, 0.3) is 0 Å². The normalized spacial score (nSPS) is 11.5. The highest BCUT2D eigenvalue weighted by molar-refractivity contribution is 6.39. The van der Waals surface area contributed by atoms with Crippen LogP contribution in [0.5, 0.6) is 0 Å². The third kappa shape index (κ3) is 1.73. The molecule has 0 saturated heterocycles. The van der Waals surface area contributed by atoms with E-state index in [-0.39, 0.29) is 0 Å². The molecule has 0 aromatic heterocycles. The number of rotatable bonds is 2. The first-order chi connectivity index (χ1) is 3.72. The van der Waals surface area contributed by atoms with Gasteiger partial charge in [0.15, 0.2) is 0 Å². The molecule has 0 amide bonds. The summed E-state index contributed by atoms with van der Waals surface area (Å²) in [5, 5.41) is 18.0. The average molecular weight is 114 g/mol. The van der Waals surface area contributed by atoms with Crippen molar-refractivity contribution in [1.29, 1.82) is 5.41 Å². The van der Waals surface area contributed by atoms with Crippen molar-refractivity contribution < 1.29 is 5.21 Å². The molecule has 0 radical (unpaired) electrons. The zero-order valence-electron chi connectivity index (χ0n) is 5.10. The molecule has 0 aromatic carbocycles. The molecular formula is C5H10N2O. The zero-order valence-corrected chi connectivity index (χ0v) is 5.10. The van der Waals surface area contributed by atoms with Gasteiger partial charge in [0.2, 0.25) is 0 Å². The molecule has 0 bridgehead atoms. The Morgan fingerprint density at radius 3 is 2.25 bits per heavy atom. The SMILES string of the molecule is CC/C(=N/O)C(C)=N. The second kappa shape index (κ2) is 3.18. The lowest BCUT2D eigenvalue weighted by molar-refractivity contribution is 0.319. The third-order valence-electron chi connectivity index (χ3n) is 0.888.